The second kappa shape index (κ2) is 9.41. The van der Waals surface area contributed by atoms with Crippen molar-refractivity contribution < 1.29 is 9.47 Å². The van der Waals surface area contributed by atoms with Crippen molar-refractivity contribution in [3.8, 4) is 0 Å². The van der Waals surface area contributed by atoms with Crippen LogP contribution in [0.1, 0.15) is 12.0 Å². The molecule has 18 heavy (non-hydrogen) atoms. The zero-order chi connectivity index (χ0) is 13.2. The highest BCUT2D eigenvalue weighted by atomic mass is 79.9. The van der Waals surface area contributed by atoms with Crippen LogP contribution in [0.25, 0.3) is 0 Å². The molecule has 0 aliphatic rings. The minimum Gasteiger partial charge on any atom is -0.382 e. The van der Waals surface area contributed by atoms with Gasteiger partial charge in [0.05, 0.1) is 13.2 Å². The Hall–Kier alpha value is -0.530. The number of hydrazine groups is 1. The Labute approximate surface area is 116 Å². The highest BCUT2D eigenvalue weighted by Crippen LogP contribution is 2.12. The van der Waals surface area contributed by atoms with Crippen molar-refractivity contribution in [2.75, 3.05) is 26.9 Å². The fourth-order valence-corrected chi connectivity index (χ4v) is 1.98. The third-order valence-electron chi connectivity index (χ3n) is 2.52. The van der Waals surface area contributed by atoms with Crippen molar-refractivity contribution in [3.63, 3.8) is 0 Å². The molecule has 0 saturated heterocycles. The van der Waals surface area contributed by atoms with Gasteiger partial charge in [-0.15, -0.1) is 0 Å². The van der Waals surface area contributed by atoms with Gasteiger partial charge in [-0.2, -0.15) is 0 Å². The fraction of sp³-hybridized carbons (Fsp3) is 0.583. The van der Waals surface area contributed by atoms with E-state index in [1.165, 1.54) is 0 Å². The van der Waals surface area contributed by atoms with Crippen LogP contribution in [0.4, 0.5) is 0 Å². The van der Waals surface area contributed by atoms with Gasteiger partial charge in [-0.1, -0.05) is 0 Å². The minimum absolute atomic E-state index is 0.184. The molecule has 0 aromatic carbocycles. The molecular weight excluding hydrogens is 298 g/mol. The van der Waals surface area contributed by atoms with Crippen molar-refractivity contribution in [2.45, 2.75) is 18.9 Å². The van der Waals surface area contributed by atoms with Gasteiger partial charge in [0.25, 0.3) is 0 Å². The molecule has 0 aliphatic heterocycles. The fourth-order valence-electron chi connectivity index (χ4n) is 1.57. The van der Waals surface area contributed by atoms with Crippen LogP contribution < -0.4 is 11.3 Å². The lowest BCUT2D eigenvalue weighted by molar-refractivity contribution is 0.0658. The zero-order valence-electron chi connectivity index (χ0n) is 10.6. The molecule has 1 aromatic rings. The van der Waals surface area contributed by atoms with Gasteiger partial charge in [0, 0.05) is 36.6 Å². The lowest BCUT2D eigenvalue weighted by Crippen LogP contribution is -2.37. The van der Waals surface area contributed by atoms with Gasteiger partial charge < -0.3 is 9.47 Å². The maximum Gasteiger partial charge on any atom is 0.0700 e. The van der Waals surface area contributed by atoms with Crippen molar-refractivity contribution in [1.29, 1.82) is 0 Å². The third-order valence-corrected chi connectivity index (χ3v) is 2.96. The predicted octanol–water partition coefficient (Wildman–Crippen LogP) is 1.27. The van der Waals surface area contributed by atoms with Gasteiger partial charge in [0.2, 0.25) is 0 Å². The van der Waals surface area contributed by atoms with Crippen molar-refractivity contribution in [2.24, 2.45) is 5.84 Å². The smallest absolute Gasteiger partial charge is 0.0700 e. The summed E-state index contributed by atoms with van der Waals surface area (Å²) < 4.78 is 11.3. The lowest BCUT2D eigenvalue weighted by atomic mass is 10.1. The molecule has 0 fully saturated rings. The summed E-state index contributed by atoms with van der Waals surface area (Å²) >= 11 is 3.40. The number of aromatic nitrogens is 1. The molecule has 5 nitrogen and oxygen atoms in total. The summed E-state index contributed by atoms with van der Waals surface area (Å²) in [6.07, 6.45) is 5.30. The number of hydrogen-bond acceptors (Lipinski definition) is 5. The molecule has 0 spiro atoms. The SMILES string of the molecule is COCCOCCC(Cc1cncc(Br)c1)NN. The molecule has 1 aromatic heterocycles. The number of methoxy groups -OCH3 is 1. The summed E-state index contributed by atoms with van der Waals surface area (Å²) in [5, 5.41) is 0. The Morgan fingerprint density at radius 1 is 1.39 bits per heavy atom. The molecule has 6 heteroatoms. The Morgan fingerprint density at radius 2 is 2.22 bits per heavy atom. The van der Waals surface area contributed by atoms with E-state index >= 15 is 0 Å². The maximum absolute atomic E-state index is 5.54. The zero-order valence-corrected chi connectivity index (χ0v) is 12.1. The average molecular weight is 318 g/mol. The summed E-state index contributed by atoms with van der Waals surface area (Å²) in [5.41, 5.74) is 3.95. The van der Waals surface area contributed by atoms with E-state index in [0.717, 1.165) is 22.9 Å². The molecule has 1 heterocycles. The van der Waals surface area contributed by atoms with E-state index in [1.54, 1.807) is 13.3 Å². The van der Waals surface area contributed by atoms with Gasteiger partial charge in [-0.05, 0) is 40.4 Å². The van der Waals surface area contributed by atoms with Gasteiger partial charge in [-0.3, -0.25) is 16.3 Å². The molecule has 0 saturated carbocycles. The Bertz CT molecular complexity index is 339. The van der Waals surface area contributed by atoms with E-state index in [0.29, 0.717) is 19.8 Å². The molecular formula is C12H20BrN3O2. The van der Waals surface area contributed by atoms with E-state index in [4.69, 9.17) is 15.3 Å². The van der Waals surface area contributed by atoms with Crippen LogP contribution >= 0.6 is 15.9 Å². The summed E-state index contributed by atoms with van der Waals surface area (Å²) in [4.78, 5) is 4.13. The van der Waals surface area contributed by atoms with Gasteiger partial charge in [0.15, 0.2) is 0 Å². The van der Waals surface area contributed by atoms with Gasteiger partial charge in [-0.25, -0.2) is 0 Å². The number of halogens is 1. The molecule has 102 valence electrons. The van der Waals surface area contributed by atoms with E-state index < -0.39 is 0 Å². The molecule has 1 rings (SSSR count). The summed E-state index contributed by atoms with van der Waals surface area (Å²) in [6, 6.07) is 2.23. The summed E-state index contributed by atoms with van der Waals surface area (Å²) in [7, 11) is 1.66. The van der Waals surface area contributed by atoms with E-state index in [9.17, 15) is 0 Å². The Balaban J connectivity index is 2.28. The van der Waals surface area contributed by atoms with Crippen LogP contribution in [0.2, 0.25) is 0 Å². The third kappa shape index (κ3) is 6.42. The van der Waals surface area contributed by atoms with Crippen molar-refractivity contribution in [1.82, 2.24) is 10.4 Å². The van der Waals surface area contributed by atoms with E-state index in [-0.39, 0.29) is 6.04 Å². The molecule has 0 radical (unpaired) electrons. The second-order valence-electron chi connectivity index (χ2n) is 3.97. The summed E-state index contributed by atoms with van der Waals surface area (Å²) in [5.74, 6) is 5.54. The van der Waals surface area contributed by atoms with Crippen LogP contribution in [-0.4, -0.2) is 38.0 Å². The van der Waals surface area contributed by atoms with E-state index in [1.807, 2.05) is 12.3 Å². The molecule has 0 bridgehead atoms. The molecule has 0 aliphatic carbocycles. The first-order chi connectivity index (χ1) is 8.76. The molecule has 1 unspecified atom stereocenters. The second-order valence-corrected chi connectivity index (χ2v) is 4.89. The number of ether oxygens (including phenoxy) is 2. The lowest BCUT2D eigenvalue weighted by Gasteiger charge is -2.15. The normalized spacial score (nSPS) is 12.6. The van der Waals surface area contributed by atoms with Crippen LogP contribution in [-0.2, 0) is 15.9 Å². The first-order valence-electron chi connectivity index (χ1n) is 5.88. The number of hydrogen-bond donors (Lipinski definition) is 2. The first kappa shape index (κ1) is 15.5. The Kier molecular flexibility index (Phi) is 8.11. The predicted molar refractivity (Wildman–Crippen MR) is 74.1 cm³/mol. The van der Waals surface area contributed by atoms with Gasteiger partial charge >= 0.3 is 0 Å². The standard InChI is InChI=1S/C12H20BrN3O2/c1-17-4-5-18-3-2-12(16-14)7-10-6-11(13)9-15-8-10/h6,8-9,12,16H,2-5,7,14H2,1H3. The van der Waals surface area contributed by atoms with Crippen LogP contribution in [0, 0.1) is 0 Å². The van der Waals surface area contributed by atoms with Crippen molar-refractivity contribution >= 4 is 15.9 Å². The van der Waals surface area contributed by atoms with Crippen LogP contribution in [0.15, 0.2) is 22.9 Å². The number of rotatable bonds is 9. The first-order valence-corrected chi connectivity index (χ1v) is 6.67. The number of nitrogens with zero attached hydrogens (tertiary/aromatic N) is 1. The molecule has 3 N–H and O–H groups in total. The van der Waals surface area contributed by atoms with Crippen LogP contribution in [0.5, 0.6) is 0 Å². The minimum atomic E-state index is 0.184. The van der Waals surface area contributed by atoms with E-state index in [2.05, 4.69) is 26.3 Å². The summed E-state index contributed by atoms with van der Waals surface area (Å²) in [6.45, 7) is 1.90. The molecule has 1 atom stereocenters. The largest absolute Gasteiger partial charge is 0.382 e. The number of pyridine rings is 1. The van der Waals surface area contributed by atoms with Crippen molar-refractivity contribution in [3.05, 3.63) is 28.5 Å². The average Bonchev–Trinajstić information content (AvgIpc) is 2.37. The Morgan fingerprint density at radius 3 is 2.89 bits per heavy atom. The quantitative estimate of drug-likeness (QED) is 0.408. The van der Waals surface area contributed by atoms with Crippen LogP contribution in [0.3, 0.4) is 0 Å². The topological polar surface area (TPSA) is 69.4 Å². The highest BCUT2D eigenvalue weighted by molar-refractivity contribution is 9.10. The highest BCUT2D eigenvalue weighted by Gasteiger charge is 2.08. The molecule has 0 amide bonds. The van der Waals surface area contributed by atoms with Gasteiger partial charge in [0.1, 0.15) is 0 Å². The number of nitrogens with two attached hydrogens (primary N) is 1. The maximum atomic E-state index is 5.54. The monoisotopic (exact) mass is 317 g/mol. The number of nitrogens with one attached hydrogen (secondary N) is 1.